The molecule has 0 spiro atoms. The molecule has 0 fully saturated rings. The van der Waals surface area contributed by atoms with Crippen LogP contribution in [0.2, 0.25) is 0 Å². The third kappa shape index (κ3) is 4.11. The minimum Gasteiger partial charge on any atom is -0.334 e. The molecule has 33 heavy (non-hydrogen) atoms. The van der Waals surface area contributed by atoms with Crippen molar-refractivity contribution >= 4 is 22.5 Å². The van der Waals surface area contributed by atoms with Gasteiger partial charge in [0.1, 0.15) is 12.4 Å². The van der Waals surface area contributed by atoms with Gasteiger partial charge in [0.2, 0.25) is 11.7 Å². The number of pyridine rings is 2. The van der Waals surface area contributed by atoms with E-state index in [-0.39, 0.29) is 12.4 Å². The molecular weight excluding hydrogens is 425 g/mol. The number of hydrogen-bond acceptors (Lipinski definition) is 6. The molecule has 1 amide bonds. The molecule has 0 aliphatic carbocycles. The van der Waals surface area contributed by atoms with Gasteiger partial charge in [-0.05, 0) is 42.5 Å². The average Bonchev–Trinajstić information content (AvgIpc) is 3.33. The van der Waals surface area contributed by atoms with Crippen LogP contribution in [-0.2, 0) is 11.3 Å². The Bertz CT molecular complexity index is 1510. The number of nitrogens with one attached hydrogen (secondary N) is 1. The third-order valence-corrected chi connectivity index (χ3v) is 5.04. The van der Waals surface area contributed by atoms with Gasteiger partial charge in [0, 0.05) is 35.1 Å². The van der Waals surface area contributed by atoms with E-state index in [1.54, 1.807) is 36.7 Å². The highest BCUT2D eigenvalue weighted by molar-refractivity contribution is 5.95. The monoisotopic (exact) mass is 441 g/mol. The molecule has 0 bridgehead atoms. The Morgan fingerprint density at radius 3 is 2.58 bits per heavy atom. The second kappa shape index (κ2) is 8.46. The van der Waals surface area contributed by atoms with Crippen LogP contribution < -0.4 is 10.9 Å². The molecule has 162 valence electrons. The normalized spacial score (nSPS) is 10.9. The number of aromatic nitrogens is 4. The first-order chi connectivity index (χ1) is 16.1. The smallest absolute Gasteiger partial charge is 0.259 e. The number of para-hydroxylation sites is 1. The van der Waals surface area contributed by atoms with E-state index in [0.717, 1.165) is 5.56 Å². The average molecular weight is 441 g/mol. The molecule has 0 aliphatic rings. The number of amides is 1. The third-order valence-electron chi connectivity index (χ3n) is 5.04. The van der Waals surface area contributed by atoms with Gasteiger partial charge in [-0.1, -0.05) is 23.4 Å². The molecule has 9 heteroatoms. The summed E-state index contributed by atoms with van der Waals surface area (Å²) >= 11 is 0. The second-order valence-corrected chi connectivity index (χ2v) is 7.21. The number of fused-ring (bicyclic) bond motifs is 1. The van der Waals surface area contributed by atoms with Crippen LogP contribution in [0.15, 0.2) is 88.4 Å². The molecule has 0 unspecified atom stereocenters. The molecule has 0 radical (unpaired) electrons. The first-order valence-corrected chi connectivity index (χ1v) is 10.0. The Labute approximate surface area is 186 Å². The van der Waals surface area contributed by atoms with Crippen molar-refractivity contribution in [3.63, 3.8) is 0 Å². The molecule has 5 aromatic rings. The number of carbonyl (C=O) groups excluding carboxylic acids is 1. The highest BCUT2D eigenvalue weighted by atomic mass is 19.1. The van der Waals surface area contributed by atoms with Gasteiger partial charge < -0.3 is 9.84 Å². The lowest BCUT2D eigenvalue weighted by atomic mass is 10.1. The highest BCUT2D eigenvalue weighted by Crippen LogP contribution is 2.27. The van der Waals surface area contributed by atoms with E-state index in [1.165, 1.54) is 34.9 Å². The summed E-state index contributed by atoms with van der Waals surface area (Å²) in [6.07, 6.45) is 3.25. The maximum Gasteiger partial charge on any atom is 0.259 e. The number of nitrogens with zero attached hydrogens (tertiary/aromatic N) is 4. The van der Waals surface area contributed by atoms with Crippen molar-refractivity contribution in [1.82, 2.24) is 19.7 Å². The van der Waals surface area contributed by atoms with E-state index in [2.05, 4.69) is 20.4 Å². The van der Waals surface area contributed by atoms with Gasteiger partial charge in [0.15, 0.2) is 0 Å². The van der Waals surface area contributed by atoms with Crippen molar-refractivity contribution in [3.05, 3.63) is 95.3 Å². The fraction of sp³-hybridized carbons (Fsp3) is 0.0417. The number of benzene rings is 2. The Balaban J connectivity index is 1.50. The lowest BCUT2D eigenvalue weighted by Crippen LogP contribution is -2.27. The SMILES string of the molecule is O=C(Cn1c(=O)cc(-c2nc(-c3ccncc3)no2)c2ccccc21)Nc1ccc(F)cc1. The zero-order valence-electron chi connectivity index (χ0n) is 17.1. The topological polar surface area (TPSA) is 103 Å². The van der Waals surface area contributed by atoms with Gasteiger partial charge in [-0.3, -0.25) is 19.1 Å². The summed E-state index contributed by atoms with van der Waals surface area (Å²) in [7, 11) is 0. The number of halogens is 1. The fourth-order valence-corrected chi connectivity index (χ4v) is 3.50. The molecular formula is C24H16FN5O3. The molecule has 5 rings (SSSR count). The van der Waals surface area contributed by atoms with Crippen molar-refractivity contribution in [1.29, 1.82) is 0 Å². The maximum atomic E-state index is 13.1. The molecule has 3 heterocycles. The quantitative estimate of drug-likeness (QED) is 0.444. The van der Waals surface area contributed by atoms with E-state index < -0.39 is 17.3 Å². The van der Waals surface area contributed by atoms with Crippen LogP contribution in [0.1, 0.15) is 0 Å². The first kappa shape index (κ1) is 20.3. The van der Waals surface area contributed by atoms with Crippen LogP contribution in [0.4, 0.5) is 10.1 Å². The lowest BCUT2D eigenvalue weighted by Gasteiger charge is -2.12. The maximum absolute atomic E-state index is 13.1. The van der Waals surface area contributed by atoms with Crippen LogP contribution in [0, 0.1) is 5.82 Å². The van der Waals surface area contributed by atoms with Crippen LogP contribution in [0.25, 0.3) is 33.7 Å². The van der Waals surface area contributed by atoms with E-state index >= 15 is 0 Å². The summed E-state index contributed by atoms with van der Waals surface area (Å²) in [6.45, 7) is -0.219. The minimum atomic E-state index is -0.417. The van der Waals surface area contributed by atoms with Crippen molar-refractivity contribution in [2.24, 2.45) is 0 Å². The Morgan fingerprint density at radius 2 is 1.79 bits per heavy atom. The van der Waals surface area contributed by atoms with Crippen LogP contribution >= 0.6 is 0 Å². The predicted molar refractivity (Wildman–Crippen MR) is 120 cm³/mol. The van der Waals surface area contributed by atoms with Gasteiger partial charge in [0.05, 0.1) is 11.1 Å². The van der Waals surface area contributed by atoms with Gasteiger partial charge in [-0.15, -0.1) is 0 Å². The summed E-state index contributed by atoms with van der Waals surface area (Å²) in [5.74, 6) is -0.254. The number of carbonyl (C=O) groups is 1. The molecule has 2 aromatic carbocycles. The van der Waals surface area contributed by atoms with E-state index in [1.807, 2.05) is 12.1 Å². The zero-order valence-corrected chi connectivity index (χ0v) is 17.1. The van der Waals surface area contributed by atoms with Gasteiger partial charge in [-0.25, -0.2) is 4.39 Å². The minimum absolute atomic E-state index is 0.193. The predicted octanol–water partition coefficient (Wildman–Crippen LogP) is 3.89. The number of hydrogen-bond donors (Lipinski definition) is 1. The zero-order chi connectivity index (χ0) is 22.8. The summed E-state index contributed by atoms with van der Waals surface area (Å²) in [6, 6.07) is 17.4. The largest absolute Gasteiger partial charge is 0.334 e. The summed E-state index contributed by atoms with van der Waals surface area (Å²) in [5.41, 5.74) is 1.78. The Morgan fingerprint density at radius 1 is 1.03 bits per heavy atom. The molecule has 3 aromatic heterocycles. The highest BCUT2D eigenvalue weighted by Gasteiger charge is 2.17. The molecule has 0 saturated heterocycles. The Kier molecular flexibility index (Phi) is 5.19. The molecule has 0 aliphatic heterocycles. The summed E-state index contributed by atoms with van der Waals surface area (Å²) in [4.78, 5) is 33.9. The van der Waals surface area contributed by atoms with E-state index in [9.17, 15) is 14.0 Å². The summed E-state index contributed by atoms with van der Waals surface area (Å²) < 4.78 is 19.9. The van der Waals surface area contributed by atoms with Gasteiger partial charge in [-0.2, -0.15) is 4.98 Å². The second-order valence-electron chi connectivity index (χ2n) is 7.21. The molecule has 1 N–H and O–H groups in total. The van der Waals surface area contributed by atoms with Gasteiger partial charge >= 0.3 is 0 Å². The molecule has 8 nitrogen and oxygen atoms in total. The number of anilines is 1. The van der Waals surface area contributed by atoms with Crippen LogP contribution in [0.3, 0.4) is 0 Å². The molecule has 0 saturated carbocycles. The van der Waals surface area contributed by atoms with Gasteiger partial charge in [0.25, 0.3) is 11.4 Å². The Hall–Kier alpha value is -4.66. The standard InChI is InChI=1S/C24H16FN5O3/c25-16-5-7-17(8-6-16)27-21(31)14-30-20-4-2-1-3-18(20)19(13-22(30)32)24-28-23(29-33-24)15-9-11-26-12-10-15/h1-13H,14H2,(H,27,31). The van der Waals surface area contributed by atoms with Crippen LogP contribution in [-0.4, -0.2) is 25.6 Å². The van der Waals surface area contributed by atoms with Crippen molar-refractivity contribution in [2.45, 2.75) is 6.54 Å². The van der Waals surface area contributed by atoms with Crippen molar-refractivity contribution in [2.75, 3.05) is 5.32 Å². The molecule has 0 atom stereocenters. The number of rotatable bonds is 5. The van der Waals surface area contributed by atoms with E-state index in [0.29, 0.717) is 28.0 Å². The lowest BCUT2D eigenvalue weighted by molar-refractivity contribution is -0.116. The van der Waals surface area contributed by atoms with E-state index in [4.69, 9.17) is 4.52 Å². The first-order valence-electron chi connectivity index (χ1n) is 10.0. The van der Waals surface area contributed by atoms with Crippen molar-refractivity contribution in [3.8, 4) is 22.8 Å². The van der Waals surface area contributed by atoms with Crippen LogP contribution in [0.5, 0.6) is 0 Å². The summed E-state index contributed by atoms with van der Waals surface area (Å²) in [5, 5.41) is 7.35. The fourth-order valence-electron chi connectivity index (χ4n) is 3.50. The van der Waals surface area contributed by atoms with Crippen molar-refractivity contribution < 1.29 is 13.7 Å².